The molecule has 0 saturated heterocycles. The smallest absolute Gasteiger partial charge is 0.324 e. The summed E-state index contributed by atoms with van der Waals surface area (Å²) in [5, 5.41) is 0.187. The van der Waals surface area contributed by atoms with Crippen LogP contribution in [0.4, 0.5) is 0 Å². The number of imidazole rings is 1. The Bertz CT molecular complexity index is 775. The summed E-state index contributed by atoms with van der Waals surface area (Å²) < 4.78 is 5.20. The van der Waals surface area contributed by atoms with Crippen LogP contribution in [0, 0.1) is 0 Å². The van der Waals surface area contributed by atoms with Crippen LogP contribution in [-0.4, -0.2) is 32.5 Å². The van der Waals surface area contributed by atoms with E-state index < -0.39 is 5.25 Å². The number of nitrogens with zero attached hydrogens (tertiary/aromatic N) is 3. The Morgan fingerprint density at radius 3 is 2.86 bits per heavy atom. The molecule has 0 spiro atoms. The summed E-state index contributed by atoms with van der Waals surface area (Å²) in [4.78, 5) is 27.8. The Labute approximate surface area is 131 Å². The van der Waals surface area contributed by atoms with E-state index in [0.717, 1.165) is 11.1 Å². The molecule has 3 rings (SSSR count). The van der Waals surface area contributed by atoms with E-state index >= 15 is 0 Å². The van der Waals surface area contributed by atoms with E-state index in [9.17, 15) is 4.79 Å². The number of hydrogen-bond acceptors (Lipinski definition) is 6. The summed E-state index contributed by atoms with van der Waals surface area (Å²) in [6.07, 6.45) is 3.00. The van der Waals surface area contributed by atoms with Crippen LogP contribution in [0.1, 0.15) is 17.7 Å². The quantitative estimate of drug-likeness (QED) is 0.443. The molecule has 7 heteroatoms. The highest BCUT2D eigenvalue weighted by atomic mass is 32.2. The molecular weight excluding hydrogens is 300 g/mol. The van der Waals surface area contributed by atoms with Crippen LogP contribution in [0.15, 0.2) is 48.0 Å². The fourth-order valence-electron chi connectivity index (χ4n) is 2.04. The number of ether oxygens (including phenoxy) is 1. The third-order valence-electron chi connectivity index (χ3n) is 3.02. The van der Waals surface area contributed by atoms with E-state index in [-0.39, 0.29) is 5.97 Å². The van der Waals surface area contributed by atoms with Gasteiger partial charge in [-0.3, -0.25) is 4.79 Å². The van der Waals surface area contributed by atoms with Crippen molar-refractivity contribution in [3.05, 3.63) is 48.5 Å². The number of aromatic nitrogens is 4. The normalized spacial score (nSPS) is 12.2. The Balaban J connectivity index is 1.96. The lowest BCUT2D eigenvalue weighted by atomic mass is 10.1. The molecule has 0 aliphatic rings. The number of aromatic amines is 1. The molecule has 0 aliphatic heterocycles. The first-order chi connectivity index (χ1) is 10.8. The molecule has 3 aromatic rings. The van der Waals surface area contributed by atoms with Crippen LogP contribution in [0.2, 0.25) is 0 Å². The summed E-state index contributed by atoms with van der Waals surface area (Å²) in [5.74, 6) is -0.287. The number of fused-ring (bicyclic) bond motifs is 1. The van der Waals surface area contributed by atoms with Crippen LogP contribution in [0.25, 0.3) is 11.2 Å². The van der Waals surface area contributed by atoms with E-state index in [1.807, 2.05) is 30.3 Å². The van der Waals surface area contributed by atoms with Gasteiger partial charge >= 0.3 is 5.97 Å². The van der Waals surface area contributed by atoms with E-state index in [1.54, 1.807) is 13.3 Å². The molecule has 112 valence electrons. The van der Waals surface area contributed by atoms with E-state index in [4.69, 9.17) is 4.74 Å². The van der Waals surface area contributed by atoms with Gasteiger partial charge in [-0.05, 0) is 12.5 Å². The Morgan fingerprint density at radius 2 is 2.09 bits per heavy atom. The van der Waals surface area contributed by atoms with Crippen LogP contribution >= 0.6 is 11.8 Å². The highest BCUT2D eigenvalue weighted by Crippen LogP contribution is 2.37. The summed E-state index contributed by atoms with van der Waals surface area (Å²) in [5.41, 5.74) is 2.17. The average molecular weight is 314 g/mol. The van der Waals surface area contributed by atoms with Crippen molar-refractivity contribution in [3.8, 4) is 0 Å². The number of carbonyl (C=O) groups excluding carboxylic acids is 1. The van der Waals surface area contributed by atoms with Gasteiger partial charge in [0.05, 0.1) is 12.9 Å². The molecule has 0 radical (unpaired) electrons. The Morgan fingerprint density at radius 1 is 1.27 bits per heavy atom. The third-order valence-corrected chi connectivity index (χ3v) is 4.25. The van der Waals surface area contributed by atoms with Crippen molar-refractivity contribution in [2.24, 2.45) is 0 Å². The first kappa shape index (κ1) is 14.5. The lowest BCUT2D eigenvalue weighted by Gasteiger charge is -2.15. The second-order valence-electron chi connectivity index (χ2n) is 4.44. The Kier molecular flexibility index (Phi) is 4.34. The minimum atomic E-state index is -0.484. The number of thioether (sulfide) groups is 1. The van der Waals surface area contributed by atoms with Gasteiger partial charge in [-0.25, -0.2) is 15.0 Å². The Hall–Kier alpha value is -2.41. The van der Waals surface area contributed by atoms with Crippen LogP contribution in [0.5, 0.6) is 0 Å². The zero-order chi connectivity index (χ0) is 15.4. The molecule has 0 saturated carbocycles. The van der Waals surface area contributed by atoms with Gasteiger partial charge in [0, 0.05) is 0 Å². The van der Waals surface area contributed by atoms with Gasteiger partial charge in [0.2, 0.25) is 0 Å². The van der Waals surface area contributed by atoms with Crippen molar-refractivity contribution in [1.29, 1.82) is 0 Å². The van der Waals surface area contributed by atoms with Crippen LogP contribution in [0.3, 0.4) is 0 Å². The summed E-state index contributed by atoms with van der Waals surface area (Å²) in [6.45, 7) is 2.13. The molecule has 1 atom stereocenters. The molecule has 0 amide bonds. The van der Waals surface area contributed by atoms with Gasteiger partial charge in [0.15, 0.2) is 5.65 Å². The molecule has 1 N–H and O–H groups in total. The van der Waals surface area contributed by atoms with Gasteiger partial charge in [0.25, 0.3) is 0 Å². The van der Waals surface area contributed by atoms with Gasteiger partial charge in [-0.2, -0.15) is 0 Å². The number of rotatable bonds is 5. The molecule has 22 heavy (non-hydrogen) atoms. The van der Waals surface area contributed by atoms with E-state index in [1.165, 1.54) is 18.1 Å². The fraction of sp³-hybridized carbons (Fsp3) is 0.200. The van der Waals surface area contributed by atoms with Gasteiger partial charge in [-0.15, -0.1) is 0 Å². The monoisotopic (exact) mass is 314 g/mol. The number of nitrogens with one attached hydrogen (secondary N) is 1. The standard InChI is InChI=1S/C15H14N4O2S/c1-2-21-15(20)12(10-6-4-3-5-7-10)22-14-11-13(17-8-16-11)18-9-19-14/h3-9,12H,2H2,1H3,(H,16,17,18,19). The van der Waals surface area contributed by atoms with Crippen LogP contribution < -0.4 is 0 Å². The molecule has 0 aliphatic carbocycles. The van der Waals surface area contributed by atoms with Crippen molar-refractivity contribution in [2.75, 3.05) is 6.61 Å². The summed E-state index contributed by atoms with van der Waals surface area (Å²) in [6, 6.07) is 9.51. The number of benzene rings is 1. The zero-order valence-electron chi connectivity index (χ0n) is 11.9. The second kappa shape index (κ2) is 6.57. The van der Waals surface area contributed by atoms with Crippen molar-refractivity contribution in [1.82, 2.24) is 19.9 Å². The van der Waals surface area contributed by atoms with Gasteiger partial charge < -0.3 is 9.72 Å². The molecule has 1 unspecified atom stereocenters. The lowest BCUT2D eigenvalue weighted by Crippen LogP contribution is -2.13. The topological polar surface area (TPSA) is 80.8 Å². The number of H-pyrrole nitrogens is 1. The molecule has 0 bridgehead atoms. The first-order valence-corrected chi connectivity index (χ1v) is 7.70. The largest absolute Gasteiger partial charge is 0.465 e. The zero-order valence-corrected chi connectivity index (χ0v) is 12.7. The predicted octanol–water partition coefficient (Wildman–Crippen LogP) is 2.75. The maximum atomic E-state index is 12.3. The minimum absolute atomic E-state index is 0.287. The molecule has 1 aromatic carbocycles. The predicted molar refractivity (Wildman–Crippen MR) is 83.4 cm³/mol. The average Bonchev–Trinajstić information content (AvgIpc) is 3.03. The molecule has 6 nitrogen and oxygen atoms in total. The number of carbonyl (C=O) groups is 1. The maximum Gasteiger partial charge on any atom is 0.324 e. The van der Waals surface area contributed by atoms with E-state index in [2.05, 4.69) is 19.9 Å². The van der Waals surface area contributed by atoms with E-state index in [0.29, 0.717) is 17.3 Å². The summed E-state index contributed by atoms with van der Waals surface area (Å²) in [7, 11) is 0. The molecule has 2 aromatic heterocycles. The highest BCUT2D eigenvalue weighted by molar-refractivity contribution is 8.00. The van der Waals surface area contributed by atoms with Crippen molar-refractivity contribution in [2.45, 2.75) is 17.2 Å². The SMILES string of the molecule is CCOC(=O)C(Sc1ncnc2nc[nH]c12)c1ccccc1. The van der Waals surface area contributed by atoms with Crippen LogP contribution in [-0.2, 0) is 9.53 Å². The minimum Gasteiger partial charge on any atom is -0.465 e. The van der Waals surface area contributed by atoms with Crippen molar-refractivity contribution >= 4 is 28.9 Å². The number of esters is 1. The van der Waals surface area contributed by atoms with Gasteiger partial charge in [0.1, 0.15) is 22.1 Å². The van der Waals surface area contributed by atoms with Crippen molar-refractivity contribution in [3.63, 3.8) is 0 Å². The maximum absolute atomic E-state index is 12.3. The fourth-order valence-corrected chi connectivity index (χ4v) is 3.10. The van der Waals surface area contributed by atoms with Gasteiger partial charge in [-0.1, -0.05) is 42.1 Å². The molecule has 0 fully saturated rings. The first-order valence-electron chi connectivity index (χ1n) is 6.82. The second-order valence-corrected chi connectivity index (χ2v) is 5.53. The third kappa shape index (κ3) is 2.94. The summed E-state index contributed by atoms with van der Waals surface area (Å²) >= 11 is 1.33. The highest BCUT2D eigenvalue weighted by Gasteiger charge is 2.25. The molecule has 2 heterocycles. The number of hydrogen-bond donors (Lipinski definition) is 1. The lowest BCUT2D eigenvalue weighted by molar-refractivity contribution is -0.142. The molecular formula is C15H14N4O2S. The van der Waals surface area contributed by atoms with Crippen molar-refractivity contribution < 1.29 is 9.53 Å².